The fraction of sp³-hybridized carbons (Fsp3) is 0.452. The zero-order valence-electron chi connectivity index (χ0n) is 24.7. The Morgan fingerprint density at radius 3 is 2.33 bits per heavy atom. The van der Waals surface area contributed by atoms with Crippen LogP contribution in [0.1, 0.15) is 62.2 Å². The van der Waals surface area contributed by atoms with E-state index < -0.39 is 6.43 Å². The first kappa shape index (κ1) is 31.0. The fourth-order valence-electron chi connectivity index (χ4n) is 4.81. The number of amides is 1. The van der Waals surface area contributed by atoms with Gasteiger partial charge in [-0.25, -0.2) is 23.7 Å². The van der Waals surface area contributed by atoms with Crippen molar-refractivity contribution in [2.45, 2.75) is 47.0 Å². The number of alkyl halides is 2. The minimum absolute atomic E-state index is 0.0648. The molecule has 1 atom stereocenters. The van der Waals surface area contributed by atoms with E-state index in [2.05, 4.69) is 45.6 Å². The summed E-state index contributed by atoms with van der Waals surface area (Å²) in [6.45, 7) is 12.6. The van der Waals surface area contributed by atoms with Crippen molar-refractivity contribution in [2.75, 3.05) is 44.3 Å². The summed E-state index contributed by atoms with van der Waals surface area (Å²) >= 11 is 0. The van der Waals surface area contributed by atoms with Gasteiger partial charge in [0.1, 0.15) is 23.2 Å². The highest BCUT2D eigenvalue weighted by atomic mass is 19.3. The van der Waals surface area contributed by atoms with Crippen molar-refractivity contribution in [3.63, 3.8) is 0 Å². The lowest BCUT2D eigenvalue weighted by molar-refractivity contribution is 0.0782. The molecule has 1 aromatic carbocycles. The van der Waals surface area contributed by atoms with Gasteiger partial charge in [-0.05, 0) is 43.5 Å². The van der Waals surface area contributed by atoms with E-state index in [4.69, 9.17) is 4.74 Å². The Morgan fingerprint density at radius 2 is 1.69 bits per heavy atom. The molecule has 2 aliphatic rings. The van der Waals surface area contributed by atoms with Gasteiger partial charge in [0.05, 0.1) is 24.2 Å². The molecule has 1 unspecified atom stereocenters. The first-order valence-corrected chi connectivity index (χ1v) is 14.5. The van der Waals surface area contributed by atoms with Crippen LogP contribution >= 0.6 is 0 Å². The van der Waals surface area contributed by atoms with Crippen molar-refractivity contribution in [3.05, 3.63) is 72.1 Å². The fourth-order valence-corrected chi connectivity index (χ4v) is 4.81. The third-order valence-electron chi connectivity index (χ3n) is 6.75. The molecule has 0 aliphatic carbocycles. The second kappa shape index (κ2) is 14.8. The monoisotopic (exact) mass is 579 g/mol. The van der Waals surface area contributed by atoms with Crippen LogP contribution in [0, 0.1) is 12.8 Å². The van der Waals surface area contributed by atoms with Gasteiger partial charge in [0.2, 0.25) is 0 Å². The van der Waals surface area contributed by atoms with Crippen molar-refractivity contribution in [1.29, 1.82) is 0 Å². The number of hydrogen-bond donors (Lipinski definition) is 0. The van der Waals surface area contributed by atoms with E-state index in [0.717, 1.165) is 19.5 Å². The summed E-state index contributed by atoms with van der Waals surface area (Å²) in [5.41, 5.74) is 1.67. The lowest BCUT2D eigenvalue weighted by atomic mass is 10.2. The van der Waals surface area contributed by atoms with Crippen LogP contribution in [0.15, 0.2) is 54.7 Å². The minimum atomic E-state index is -2.70. The molecule has 2 aliphatic heterocycles. The second-order valence-electron chi connectivity index (χ2n) is 10.4. The Kier molecular flexibility index (Phi) is 10.9. The zero-order chi connectivity index (χ0) is 30.1. The molecule has 2 fully saturated rings. The van der Waals surface area contributed by atoms with Crippen LogP contribution in [0.3, 0.4) is 0 Å². The van der Waals surface area contributed by atoms with Crippen LogP contribution in [-0.4, -0.2) is 74.7 Å². The number of carbonyl (C=O) groups excluding carboxylic acids is 1. The summed E-state index contributed by atoms with van der Waals surface area (Å²) < 4.78 is 33.9. The number of aromatic nitrogens is 5. The Morgan fingerprint density at radius 1 is 1.00 bits per heavy atom. The Bertz CT molecular complexity index is 1440. The number of ether oxygens (including phenoxy) is 1. The summed E-state index contributed by atoms with van der Waals surface area (Å²) in [5.74, 6) is 2.02. The molecule has 1 amide bonds. The maximum atomic E-state index is 13.6. The lowest BCUT2D eigenvalue weighted by Crippen LogP contribution is -2.37. The maximum Gasteiger partial charge on any atom is 0.296 e. The minimum Gasteiger partial charge on any atom is -0.378 e. The average molecular weight is 580 g/mol. The molecule has 6 rings (SSSR count). The first-order chi connectivity index (χ1) is 20.3. The quantitative estimate of drug-likeness (QED) is 0.298. The number of halogens is 2. The van der Waals surface area contributed by atoms with E-state index in [9.17, 15) is 13.6 Å². The number of aryl methyl sites for hydroxylation is 1. The molecule has 0 bridgehead atoms. The smallest absolute Gasteiger partial charge is 0.296 e. The van der Waals surface area contributed by atoms with Gasteiger partial charge in [0, 0.05) is 38.4 Å². The van der Waals surface area contributed by atoms with Crippen molar-refractivity contribution in [2.24, 2.45) is 5.92 Å². The molecule has 9 nitrogen and oxygen atoms in total. The molecular weight excluding hydrogens is 540 g/mol. The van der Waals surface area contributed by atoms with E-state index in [1.807, 2.05) is 17.0 Å². The molecule has 2 saturated heterocycles. The SMILES string of the molecule is CC1CCN(C(=O)c2ccccn2)C1.CCC.Cc1nc(N2CCOCC2)cc(-n2c(C(F)F)nc3ccccc32)n1. The zero-order valence-corrected chi connectivity index (χ0v) is 24.7. The van der Waals surface area contributed by atoms with Gasteiger partial charge in [-0.15, -0.1) is 0 Å². The second-order valence-corrected chi connectivity index (χ2v) is 10.4. The summed E-state index contributed by atoms with van der Waals surface area (Å²) in [4.78, 5) is 32.8. The van der Waals surface area contributed by atoms with E-state index >= 15 is 0 Å². The van der Waals surface area contributed by atoms with E-state index in [1.54, 1.807) is 49.5 Å². The number of anilines is 1. The van der Waals surface area contributed by atoms with Crippen molar-refractivity contribution in [3.8, 4) is 5.82 Å². The van der Waals surface area contributed by atoms with Crippen molar-refractivity contribution in [1.82, 2.24) is 29.4 Å². The number of hydrogen-bond acceptors (Lipinski definition) is 7. The summed E-state index contributed by atoms with van der Waals surface area (Å²) in [6, 6.07) is 14.2. The highest BCUT2D eigenvalue weighted by Crippen LogP contribution is 2.28. The molecule has 5 heterocycles. The molecule has 3 aromatic heterocycles. The number of pyridine rings is 1. The largest absolute Gasteiger partial charge is 0.378 e. The van der Waals surface area contributed by atoms with E-state index in [-0.39, 0.29) is 11.7 Å². The summed E-state index contributed by atoms with van der Waals surface area (Å²) in [5, 5.41) is 0. The Labute approximate surface area is 245 Å². The van der Waals surface area contributed by atoms with Crippen LogP contribution in [0.2, 0.25) is 0 Å². The van der Waals surface area contributed by atoms with Gasteiger partial charge in [0.15, 0.2) is 5.82 Å². The van der Waals surface area contributed by atoms with Crippen LogP contribution in [0.5, 0.6) is 0 Å². The number of benzene rings is 1. The predicted octanol–water partition coefficient (Wildman–Crippen LogP) is 5.88. The predicted molar refractivity (Wildman–Crippen MR) is 159 cm³/mol. The number of rotatable bonds is 4. The molecule has 11 heteroatoms. The first-order valence-electron chi connectivity index (χ1n) is 14.5. The van der Waals surface area contributed by atoms with Crippen LogP contribution in [-0.2, 0) is 4.74 Å². The number of para-hydroxylation sites is 2. The maximum absolute atomic E-state index is 13.6. The number of morpholine rings is 1. The lowest BCUT2D eigenvalue weighted by Gasteiger charge is -2.28. The number of carbonyl (C=O) groups is 1. The van der Waals surface area contributed by atoms with Gasteiger partial charge >= 0.3 is 0 Å². The molecule has 42 heavy (non-hydrogen) atoms. The summed E-state index contributed by atoms with van der Waals surface area (Å²) in [6.07, 6.45) is 1.32. The average Bonchev–Trinajstić information content (AvgIpc) is 3.62. The highest BCUT2D eigenvalue weighted by molar-refractivity contribution is 5.92. The molecule has 224 valence electrons. The van der Waals surface area contributed by atoms with E-state index in [1.165, 1.54) is 11.0 Å². The molecular formula is C31H39F2N7O2. The van der Waals surface area contributed by atoms with Crippen LogP contribution in [0.4, 0.5) is 14.6 Å². The number of imidazole rings is 1. The number of likely N-dealkylation sites (tertiary alicyclic amines) is 1. The third-order valence-corrected chi connectivity index (χ3v) is 6.75. The molecule has 0 radical (unpaired) electrons. The van der Waals surface area contributed by atoms with Gasteiger partial charge in [-0.2, -0.15) is 0 Å². The third kappa shape index (κ3) is 7.64. The van der Waals surface area contributed by atoms with Crippen molar-refractivity contribution < 1.29 is 18.3 Å². The van der Waals surface area contributed by atoms with Crippen LogP contribution in [0.25, 0.3) is 16.9 Å². The van der Waals surface area contributed by atoms with Gasteiger partial charge in [-0.1, -0.05) is 45.4 Å². The number of fused-ring (bicyclic) bond motifs is 1. The van der Waals surface area contributed by atoms with Crippen LogP contribution < -0.4 is 4.90 Å². The normalized spacial score (nSPS) is 16.6. The summed E-state index contributed by atoms with van der Waals surface area (Å²) in [7, 11) is 0. The number of nitrogens with zero attached hydrogens (tertiary/aromatic N) is 7. The highest BCUT2D eigenvalue weighted by Gasteiger charge is 2.25. The molecule has 0 spiro atoms. The standard InChI is InChI=1S/C17H17F2N5O.C11H14N2O.C3H8/c1-11-20-14(23-6-8-25-9-7-23)10-15(21-11)24-13-5-3-2-4-12(13)22-17(24)16(18)19;1-9-5-7-13(8-9)11(14)10-4-2-3-6-12-10;1-3-2/h2-5,10,16H,6-9H2,1H3;2-4,6,9H,5,7-8H2,1H3;3H2,1-2H3. The molecule has 4 aromatic rings. The Balaban J connectivity index is 0.000000201. The van der Waals surface area contributed by atoms with Gasteiger partial charge in [0.25, 0.3) is 12.3 Å². The topological polar surface area (TPSA) is 89.3 Å². The molecule has 0 saturated carbocycles. The van der Waals surface area contributed by atoms with Gasteiger partial charge < -0.3 is 14.5 Å². The van der Waals surface area contributed by atoms with Crippen molar-refractivity contribution >= 4 is 22.8 Å². The Hall–Kier alpha value is -3.99. The molecule has 0 N–H and O–H groups in total. The van der Waals surface area contributed by atoms with Gasteiger partial charge in [-0.3, -0.25) is 14.3 Å². The van der Waals surface area contributed by atoms with E-state index in [0.29, 0.717) is 66.4 Å².